The highest BCUT2D eigenvalue weighted by atomic mass is 32.2. The standard InChI is InChI=1S/C41H49N3O10S/c1-26-8-6-11-31(45)10-5-3-4-9-29-21-35(46)39(40(49)38(29)41(50)54-26)33(28-14-16-32(53-2)17-15-28)22-36(47)42-18-19-55(51,52)43-23-27-20-30(25-43)34-12-7-13-37(48)44(34)24-27/h4,7,9,12-17,21,26-27,30,33,46,49H,3,5-6,8,10-11,18-20,22-25H2,1-2H3,(H,42,47)/t26-,27?,30?,33?/m0/s1. The van der Waals surface area contributed by atoms with Crippen LogP contribution in [0.15, 0.2) is 59.4 Å². The Morgan fingerprint density at radius 2 is 1.80 bits per heavy atom. The molecule has 0 saturated carbocycles. The fourth-order valence-electron chi connectivity index (χ4n) is 8.03. The highest BCUT2D eigenvalue weighted by molar-refractivity contribution is 7.89. The van der Waals surface area contributed by atoms with E-state index in [1.807, 2.05) is 6.07 Å². The first kappa shape index (κ1) is 39.7. The van der Waals surface area contributed by atoms with Gasteiger partial charge < -0.3 is 29.6 Å². The molecule has 4 heterocycles. The molecule has 13 nitrogen and oxygen atoms in total. The molecule has 0 spiro atoms. The van der Waals surface area contributed by atoms with Crippen LogP contribution in [0.1, 0.15) is 103 Å². The van der Waals surface area contributed by atoms with E-state index in [1.165, 1.54) is 23.5 Å². The molecule has 55 heavy (non-hydrogen) atoms. The van der Waals surface area contributed by atoms with Crippen molar-refractivity contribution in [3.63, 3.8) is 0 Å². The van der Waals surface area contributed by atoms with Gasteiger partial charge in [-0.25, -0.2) is 17.5 Å². The van der Waals surface area contributed by atoms with E-state index in [0.717, 1.165) is 12.1 Å². The van der Waals surface area contributed by atoms with Crippen molar-refractivity contribution in [2.75, 3.05) is 32.5 Å². The second-order valence-corrected chi connectivity index (χ2v) is 16.9. The average molecular weight is 776 g/mol. The summed E-state index contributed by atoms with van der Waals surface area (Å²) in [7, 11) is -2.26. The first-order valence-corrected chi connectivity index (χ1v) is 20.5. The number of pyridine rings is 1. The number of carbonyl (C=O) groups is 3. The molecule has 3 unspecified atom stereocenters. The molecule has 294 valence electrons. The number of allylic oxidation sites excluding steroid dienone is 1. The van der Waals surface area contributed by atoms with Crippen molar-refractivity contribution < 1.29 is 42.5 Å². The molecule has 1 aromatic heterocycles. The van der Waals surface area contributed by atoms with E-state index < -0.39 is 39.7 Å². The number of hydrogen-bond acceptors (Lipinski definition) is 10. The molecule has 14 heteroatoms. The number of phenolic OH excluding ortho intramolecular Hbond substituents is 2. The molecule has 2 bridgehead atoms. The number of sulfonamides is 1. The van der Waals surface area contributed by atoms with Gasteiger partial charge in [0.15, 0.2) is 0 Å². The summed E-state index contributed by atoms with van der Waals surface area (Å²) in [6, 6.07) is 13.2. The van der Waals surface area contributed by atoms with E-state index in [9.17, 15) is 37.8 Å². The predicted molar refractivity (Wildman–Crippen MR) is 206 cm³/mol. The molecule has 1 fully saturated rings. The third-order valence-electron chi connectivity index (χ3n) is 10.8. The fourth-order valence-corrected chi connectivity index (χ4v) is 9.49. The highest BCUT2D eigenvalue weighted by Crippen LogP contribution is 2.44. The van der Waals surface area contributed by atoms with Crippen molar-refractivity contribution in [1.29, 1.82) is 0 Å². The Kier molecular flexibility index (Phi) is 12.5. The summed E-state index contributed by atoms with van der Waals surface area (Å²) >= 11 is 0. The minimum absolute atomic E-state index is 0.00472. The predicted octanol–water partition coefficient (Wildman–Crippen LogP) is 4.84. The Morgan fingerprint density at radius 1 is 1.04 bits per heavy atom. The van der Waals surface area contributed by atoms with Crippen LogP contribution in [-0.4, -0.2) is 83.8 Å². The van der Waals surface area contributed by atoms with Gasteiger partial charge in [-0.2, -0.15) is 0 Å². The molecular weight excluding hydrogens is 727 g/mol. The molecular formula is C41H49N3O10S. The van der Waals surface area contributed by atoms with Gasteiger partial charge in [-0.05, 0) is 80.3 Å². The summed E-state index contributed by atoms with van der Waals surface area (Å²) in [5.41, 5.74) is 1.27. The Balaban J connectivity index is 1.22. The van der Waals surface area contributed by atoms with Crippen LogP contribution >= 0.6 is 0 Å². The van der Waals surface area contributed by atoms with Crippen LogP contribution in [0.5, 0.6) is 17.2 Å². The molecule has 0 radical (unpaired) electrons. The van der Waals surface area contributed by atoms with Gasteiger partial charge in [0, 0.05) is 74.6 Å². The number of hydrogen-bond donors (Lipinski definition) is 3. The SMILES string of the molecule is COc1ccc(C(CC(=O)NCCS(=O)(=O)N2CC3CC(C2)c2cccc(=O)n2C3)c2c(O)cc3c(c2O)C(=O)O[C@@H](C)CCCC(=O)CCCC=C3)cc1. The number of piperidine rings is 1. The van der Waals surface area contributed by atoms with Crippen molar-refractivity contribution in [3.05, 3.63) is 92.9 Å². The van der Waals surface area contributed by atoms with Crippen LogP contribution in [0.3, 0.4) is 0 Å². The summed E-state index contributed by atoms with van der Waals surface area (Å²) in [6.45, 7) is 2.54. The number of nitrogens with one attached hydrogen (secondary N) is 1. The quantitative estimate of drug-likeness (QED) is 0.255. The van der Waals surface area contributed by atoms with Crippen LogP contribution in [0.4, 0.5) is 0 Å². The third kappa shape index (κ3) is 9.30. The van der Waals surface area contributed by atoms with Gasteiger partial charge in [0.1, 0.15) is 28.6 Å². The number of ether oxygens (including phenoxy) is 2. The Hall–Kier alpha value is -4.95. The Bertz CT molecular complexity index is 2110. The lowest BCUT2D eigenvalue weighted by atomic mass is 9.84. The highest BCUT2D eigenvalue weighted by Gasteiger charge is 2.39. The van der Waals surface area contributed by atoms with Crippen LogP contribution < -0.4 is 15.6 Å². The lowest BCUT2D eigenvalue weighted by Gasteiger charge is -2.42. The molecule has 3 N–H and O–H groups in total. The Labute approximate surface area is 321 Å². The van der Waals surface area contributed by atoms with Gasteiger partial charge in [0.2, 0.25) is 15.9 Å². The number of phenols is 2. The zero-order valence-corrected chi connectivity index (χ0v) is 32.1. The molecule has 6 rings (SSSR count). The molecule has 4 atom stereocenters. The van der Waals surface area contributed by atoms with Gasteiger partial charge in [0.05, 0.1) is 19.0 Å². The van der Waals surface area contributed by atoms with Gasteiger partial charge in [-0.15, -0.1) is 0 Å². The van der Waals surface area contributed by atoms with Crippen LogP contribution in [0.25, 0.3) is 6.08 Å². The summed E-state index contributed by atoms with van der Waals surface area (Å²) < 4.78 is 41.3. The lowest BCUT2D eigenvalue weighted by molar-refractivity contribution is -0.121. The number of Topliss-reactive ketones (excluding diaryl/α,β-unsaturated/α-hetero) is 1. The van der Waals surface area contributed by atoms with Crippen LogP contribution in [0.2, 0.25) is 0 Å². The van der Waals surface area contributed by atoms with Gasteiger partial charge in [0.25, 0.3) is 5.56 Å². The number of aromatic hydroxyl groups is 2. The zero-order valence-electron chi connectivity index (χ0n) is 31.2. The summed E-state index contributed by atoms with van der Waals surface area (Å²) in [4.78, 5) is 51.9. The number of aromatic nitrogens is 1. The largest absolute Gasteiger partial charge is 0.507 e. The molecule has 3 aromatic rings. The minimum atomic E-state index is -3.77. The number of fused-ring (bicyclic) bond motifs is 5. The van der Waals surface area contributed by atoms with E-state index in [2.05, 4.69) is 5.32 Å². The molecule has 1 saturated heterocycles. The first-order chi connectivity index (χ1) is 26.3. The number of rotatable bonds is 9. The van der Waals surface area contributed by atoms with Crippen molar-refractivity contribution in [1.82, 2.24) is 14.2 Å². The maximum Gasteiger partial charge on any atom is 0.342 e. The summed E-state index contributed by atoms with van der Waals surface area (Å²) in [5, 5.41) is 26.0. The fraction of sp³-hybridized carbons (Fsp3) is 0.463. The van der Waals surface area contributed by atoms with Crippen molar-refractivity contribution in [2.45, 2.75) is 82.8 Å². The number of methoxy groups -OCH3 is 1. The number of ketones is 1. The molecule has 3 aliphatic rings. The van der Waals surface area contributed by atoms with Gasteiger partial charge in [-0.1, -0.05) is 30.4 Å². The zero-order chi connectivity index (χ0) is 39.3. The second kappa shape index (κ2) is 17.2. The van der Waals surface area contributed by atoms with Gasteiger partial charge in [-0.3, -0.25) is 14.4 Å². The van der Waals surface area contributed by atoms with E-state index in [4.69, 9.17) is 9.47 Å². The smallest absolute Gasteiger partial charge is 0.342 e. The van der Waals surface area contributed by atoms with Crippen molar-refractivity contribution >= 4 is 33.8 Å². The van der Waals surface area contributed by atoms with E-state index in [0.29, 0.717) is 62.9 Å². The number of carbonyl (C=O) groups excluding carboxylic acids is 3. The van der Waals surface area contributed by atoms with Gasteiger partial charge >= 0.3 is 5.97 Å². The van der Waals surface area contributed by atoms with E-state index in [-0.39, 0.29) is 70.9 Å². The van der Waals surface area contributed by atoms with Crippen LogP contribution in [-0.2, 0) is 30.9 Å². The average Bonchev–Trinajstić information content (AvgIpc) is 3.14. The van der Waals surface area contributed by atoms with Crippen LogP contribution in [0, 0.1) is 5.92 Å². The minimum Gasteiger partial charge on any atom is -0.507 e. The van der Waals surface area contributed by atoms with Crippen molar-refractivity contribution in [2.24, 2.45) is 5.92 Å². The third-order valence-corrected chi connectivity index (χ3v) is 12.6. The molecule has 2 aromatic carbocycles. The summed E-state index contributed by atoms with van der Waals surface area (Å²) in [6.07, 6.45) is 6.29. The molecule has 3 aliphatic heterocycles. The number of nitrogens with zero attached hydrogens (tertiary/aromatic N) is 2. The second-order valence-electron chi connectivity index (χ2n) is 14.8. The van der Waals surface area contributed by atoms with E-state index in [1.54, 1.807) is 54.0 Å². The molecule has 1 amide bonds. The normalized spacial score (nSPS) is 21.4. The monoisotopic (exact) mass is 775 g/mol. The Morgan fingerprint density at radius 3 is 2.56 bits per heavy atom. The lowest BCUT2D eigenvalue weighted by Crippen LogP contribution is -2.50. The number of cyclic esters (lactones) is 1. The van der Waals surface area contributed by atoms with Crippen molar-refractivity contribution in [3.8, 4) is 17.2 Å². The first-order valence-electron chi connectivity index (χ1n) is 18.9. The number of benzene rings is 2. The maximum absolute atomic E-state index is 13.7. The summed E-state index contributed by atoms with van der Waals surface area (Å²) in [5.74, 6) is -2.95. The topological polar surface area (TPSA) is 182 Å². The number of amides is 1. The van der Waals surface area contributed by atoms with E-state index >= 15 is 0 Å². The molecule has 0 aliphatic carbocycles. The number of esters is 1. The maximum atomic E-state index is 13.7.